The van der Waals surface area contributed by atoms with Crippen LogP contribution >= 0.6 is 0 Å². The summed E-state index contributed by atoms with van der Waals surface area (Å²) in [5.41, 5.74) is 7.37. The third-order valence-corrected chi connectivity index (χ3v) is 7.80. The second kappa shape index (κ2) is 7.52. The van der Waals surface area contributed by atoms with Crippen LogP contribution in [0.4, 0.5) is 0 Å². The highest BCUT2D eigenvalue weighted by atomic mass is 28.3. The van der Waals surface area contributed by atoms with Crippen LogP contribution in [0.3, 0.4) is 0 Å². The highest BCUT2D eigenvalue weighted by molar-refractivity contribution is 6.89. The molecule has 1 nitrogen and oxygen atoms in total. The molecule has 1 heterocycles. The van der Waals surface area contributed by atoms with Gasteiger partial charge in [0.25, 0.3) is 0 Å². The number of benzene rings is 3. The Balaban J connectivity index is 1.85. The van der Waals surface area contributed by atoms with Crippen molar-refractivity contribution in [3.8, 4) is 22.4 Å². The molecule has 0 spiro atoms. The molecular formula is C28H31NSi. The zero-order valence-corrected chi connectivity index (χ0v) is 20.0. The van der Waals surface area contributed by atoms with Crippen molar-refractivity contribution < 1.29 is 0 Å². The number of nitrogens with zero attached hydrogens (tertiary/aromatic N) is 1. The lowest BCUT2D eigenvalue weighted by Gasteiger charge is -2.22. The van der Waals surface area contributed by atoms with Crippen molar-refractivity contribution in [3.05, 3.63) is 84.4 Å². The van der Waals surface area contributed by atoms with E-state index in [9.17, 15) is 0 Å². The average molecular weight is 410 g/mol. The molecule has 0 aliphatic heterocycles. The van der Waals surface area contributed by atoms with E-state index in [-0.39, 0.29) is 5.41 Å². The minimum atomic E-state index is -1.51. The summed E-state index contributed by atoms with van der Waals surface area (Å²) in [5, 5.41) is 2.72. The van der Waals surface area contributed by atoms with E-state index in [0.717, 1.165) is 11.2 Å². The second-order valence-corrected chi connectivity index (χ2v) is 15.3. The standard InChI is InChI=1S/C28H31NSi/c1-28(2,3)23-15-12-21(13-16-23)25-17-14-22-18-27(30(4,5)6)24(19-26(22)29-25)20-10-8-7-9-11-20/h7-19H,1-6H3. The summed E-state index contributed by atoms with van der Waals surface area (Å²) in [7, 11) is -1.51. The molecule has 0 bridgehead atoms. The van der Waals surface area contributed by atoms with Gasteiger partial charge in [-0.2, -0.15) is 0 Å². The predicted molar refractivity (Wildman–Crippen MR) is 134 cm³/mol. The summed E-state index contributed by atoms with van der Waals surface area (Å²) in [5.74, 6) is 0. The Labute approximate surface area is 181 Å². The molecule has 0 saturated carbocycles. The van der Waals surface area contributed by atoms with Crippen molar-refractivity contribution in [1.29, 1.82) is 0 Å². The second-order valence-electron chi connectivity index (χ2n) is 10.2. The van der Waals surface area contributed by atoms with Gasteiger partial charge in [-0.1, -0.05) is 112 Å². The Morgan fingerprint density at radius 1 is 0.700 bits per heavy atom. The lowest BCUT2D eigenvalue weighted by molar-refractivity contribution is 0.590. The fourth-order valence-corrected chi connectivity index (χ4v) is 5.56. The van der Waals surface area contributed by atoms with Crippen LogP contribution in [0.15, 0.2) is 78.9 Å². The topological polar surface area (TPSA) is 12.9 Å². The normalized spacial score (nSPS) is 12.3. The fourth-order valence-electron chi connectivity index (χ4n) is 3.95. The van der Waals surface area contributed by atoms with Crippen LogP contribution in [-0.4, -0.2) is 13.1 Å². The Morgan fingerprint density at radius 2 is 1.37 bits per heavy atom. The molecule has 0 N–H and O–H groups in total. The number of aromatic nitrogens is 1. The summed E-state index contributed by atoms with van der Waals surface area (Å²) < 4.78 is 0. The molecule has 0 unspecified atom stereocenters. The Kier molecular flexibility index (Phi) is 5.15. The lowest BCUT2D eigenvalue weighted by Crippen LogP contribution is -2.39. The molecule has 0 aliphatic carbocycles. The minimum Gasteiger partial charge on any atom is -0.248 e. The average Bonchev–Trinajstić information content (AvgIpc) is 2.72. The van der Waals surface area contributed by atoms with E-state index in [1.807, 2.05) is 0 Å². The summed E-state index contributed by atoms with van der Waals surface area (Å²) in [6.07, 6.45) is 0. The van der Waals surface area contributed by atoms with E-state index < -0.39 is 8.07 Å². The molecule has 1 aromatic heterocycles. The van der Waals surface area contributed by atoms with Gasteiger partial charge < -0.3 is 0 Å². The van der Waals surface area contributed by atoms with E-state index in [0.29, 0.717) is 0 Å². The van der Waals surface area contributed by atoms with E-state index >= 15 is 0 Å². The van der Waals surface area contributed by atoms with Gasteiger partial charge >= 0.3 is 0 Å². The van der Waals surface area contributed by atoms with Crippen LogP contribution in [-0.2, 0) is 5.41 Å². The third kappa shape index (κ3) is 4.10. The summed E-state index contributed by atoms with van der Waals surface area (Å²) in [6, 6.07) is 28.6. The highest BCUT2D eigenvalue weighted by Gasteiger charge is 2.22. The van der Waals surface area contributed by atoms with Crippen LogP contribution in [0.25, 0.3) is 33.3 Å². The van der Waals surface area contributed by atoms with Gasteiger partial charge in [-0.15, -0.1) is 0 Å². The van der Waals surface area contributed by atoms with Gasteiger partial charge in [0.1, 0.15) is 0 Å². The van der Waals surface area contributed by atoms with Gasteiger partial charge in [0, 0.05) is 10.9 Å². The molecule has 2 heteroatoms. The van der Waals surface area contributed by atoms with Crippen LogP contribution in [0.2, 0.25) is 19.6 Å². The summed E-state index contributed by atoms with van der Waals surface area (Å²) in [4.78, 5) is 5.06. The van der Waals surface area contributed by atoms with Gasteiger partial charge in [-0.3, -0.25) is 0 Å². The minimum absolute atomic E-state index is 0.160. The van der Waals surface area contributed by atoms with E-state index in [4.69, 9.17) is 4.98 Å². The predicted octanol–water partition coefficient (Wildman–Crippen LogP) is 7.41. The Morgan fingerprint density at radius 3 is 1.97 bits per heavy atom. The third-order valence-electron chi connectivity index (χ3n) is 5.77. The molecule has 0 atom stereocenters. The maximum Gasteiger partial charge on any atom is 0.0784 e. The Bertz CT molecular complexity index is 1180. The molecule has 0 saturated heterocycles. The van der Waals surface area contributed by atoms with Gasteiger partial charge in [0.05, 0.1) is 19.3 Å². The largest absolute Gasteiger partial charge is 0.248 e. The van der Waals surface area contributed by atoms with E-state index in [1.165, 1.54) is 32.8 Å². The van der Waals surface area contributed by atoms with Crippen LogP contribution in [0.5, 0.6) is 0 Å². The van der Waals surface area contributed by atoms with Crippen molar-refractivity contribution in [2.24, 2.45) is 0 Å². The lowest BCUT2D eigenvalue weighted by atomic mass is 9.86. The molecule has 152 valence electrons. The molecule has 0 radical (unpaired) electrons. The van der Waals surface area contributed by atoms with Gasteiger partial charge in [-0.05, 0) is 34.2 Å². The monoisotopic (exact) mass is 409 g/mol. The molecule has 0 amide bonds. The van der Waals surface area contributed by atoms with Crippen molar-refractivity contribution >= 4 is 24.2 Å². The van der Waals surface area contributed by atoms with Crippen molar-refractivity contribution in [2.45, 2.75) is 45.8 Å². The zero-order chi connectivity index (χ0) is 21.5. The number of hydrogen-bond acceptors (Lipinski definition) is 1. The van der Waals surface area contributed by atoms with Gasteiger partial charge in [-0.25, -0.2) is 4.98 Å². The number of pyridine rings is 1. The Hall–Kier alpha value is -2.71. The molecule has 3 aromatic carbocycles. The first kappa shape index (κ1) is 20.6. The quantitative estimate of drug-likeness (QED) is 0.321. The van der Waals surface area contributed by atoms with Crippen LogP contribution in [0, 0.1) is 0 Å². The summed E-state index contributed by atoms with van der Waals surface area (Å²) >= 11 is 0. The number of hydrogen-bond donors (Lipinski definition) is 0. The maximum atomic E-state index is 5.06. The van der Waals surface area contributed by atoms with Crippen LogP contribution < -0.4 is 5.19 Å². The van der Waals surface area contributed by atoms with Crippen LogP contribution in [0.1, 0.15) is 26.3 Å². The van der Waals surface area contributed by atoms with E-state index in [2.05, 4.69) is 119 Å². The number of fused-ring (bicyclic) bond motifs is 1. The van der Waals surface area contributed by atoms with Crippen molar-refractivity contribution in [1.82, 2.24) is 4.98 Å². The first-order chi connectivity index (χ1) is 14.1. The molecule has 0 aliphatic rings. The first-order valence-corrected chi connectivity index (χ1v) is 14.2. The SMILES string of the molecule is CC(C)(C)c1ccc(-c2ccc3cc([Si](C)(C)C)c(-c4ccccc4)cc3n2)cc1. The number of rotatable bonds is 3. The molecule has 4 rings (SSSR count). The maximum absolute atomic E-state index is 5.06. The van der Waals surface area contributed by atoms with Gasteiger partial charge in [0.2, 0.25) is 0 Å². The van der Waals surface area contributed by atoms with Crippen molar-refractivity contribution in [2.75, 3.05) is 0 Å². The fraction of sp³-hybridized carbons (Fsp3) is 0.250. The smallest absolute Gasteiger partial charge is 0.0784 e. The molecule has 0 fully saturated rings. The zero-order valence-electron chi connectivity index (χ0n) is 19.0. The first-order valence-electron chi connectivity index (χ1n) is 10.7. The van der Waals surface area contributed by atoms with Gasteiger partial charge in [0.15, 0.2) is 0 Å². The summed E-state index contributed by atoms with van der Waals surface area (Å²) in [6.45, 7) is 14.0. The molecule has 30 heavy (non-hydrogen) atoms. The highest BCUT2D eigenvalue weighted by Crippen LogP contribution is 2.29. The van der Waals surface area contributed by atoms with Crippen molar-refractivity contribution in [3.63, 3.8) is 0 Å². The van der Waals surface area contributed by atoms with E-state index in [1.54, 1.807) is 0 Å². The molecule has 4 aromatic rings. The molecular weight excluding hydrogens is 378 g/mol.